The number of aromatic nitrogens is 4. The Bertz CT molecular complexity index is 1580. The number of ether oxygens (including phenoxy) is 2. The summed E-state index contributed by atoms with van der Waals surface area (Å²) < 4.78 is 14.3. The lowest BCUT2D eigenvalue weighted by molar-refractivity contribution is -0.0584. The summed E-state index contributed by atoms with van der Waals surface area (Å²) in [5.74, 6) is 0.0934. The van der Waals surface area contributed by atoms with Crippen LogP contribution in [0.25, 0.3) is 11.2 Å². The molecule has 1 fully saturated rings. The summed E-state index contributed by atoms with van der Waals surface area (Å²) in [4.78, 5) is 30.4. The van der Waals surface area contributed by atoms with Crippen molar-refractivity contribution in [2.75, 3.05) is 27.8 Å². The van der Waals surface area contributed by atoms with E-state index in [0.717, 1.165) is 10.4 Å². The topological polar surface area (TPSA) is 138 Å². The number of aliphatic hydroxyl groups excluding tert-OH is 1. The van der Waals surface area contributed by atoms with Gasteiger partial charge in [0.05, 0.1) is 19.3 Å². The van der Waals surface area contributed by atoms with Crippen molar-refractivity contribution in [1.82, 2.24) is 24.4 Å². The number of aliphatic imine (C=N–C) groups is 1. The maximum atomic E-state index is 13.4. The zero-order valence-electron chi connectivity index (χ0n) is 24.7. The van der Waals surface area contributed by atoms with Crippen molar-refractivity contribution in [3.63, 3.8) is 0 Å². The number of hydrogen-bond donors (Lipinski definition) is 3. The van der Waals surface area contributed by atoms with Crippen LogP contribution in [-0.4, -0.2) is 94.3 Å². The SMILES string of the molecule is CO[C@H]1[C@H](n2cnc3c(=O)[nH]c(N=CN(C)C)nc32)O[C@H](CO)[C@]1(O)[Si](c1ccccc1)(c1ccccc1)C(C)(C)C. The van der Waals surface area contributed by atoms with E-state index in [0.29, 0.717) is 0 Å². The van der Waals surface area contributed by atoms with E-state index >= 15 is 0 Å². The molecular formula is C30H38N6O5Si. The van der Waals surface area contributed by atoms with E-state index in [4.69, 9.17) is 9.47 Å². The zero-order valence-corrected chi connectivity index (χ0v) is 25.7. The van der Waals surface area contributed by atoms with Crippen LogP contribution in [0.1, 0.15) is 27.0 Å². The highest BCUT2D eigenvalue weighted by Gasteiger charge is 2.72. The van der Waals surface area contributed by atoms with Gasteiger partial charge in [0.2, 0.25) is 5.95 Å². The number of H-pyrrole nitrogens is 1. The van der Waals surface area contributed by atoms with Gasteiger partial charge in [-0.25, -0.2) is 9.98 Å². The summed E-state index contributed by atoms with van der Waals surface area (Å²) in [6, 6.07) is 19.9. The van der Waals surface area contributed by atoms with Crippen molar-refractivity contribution in [2.45, 2.75) is 49.5 Å². The maximum absolute atomic E-state index is 13.4. The third kappa shape index (κ3) is 4.50. The fourth-order valence-electron chi connectivity index (χ4n) is 6.69. The van der Waals surface area contributed by atoms with Gasteiger partial charge in [-0.3, -0.25) is 14.3 Å². The predicted octanol–water partition coefficient (Wildman–Crippen LogP) is 1.58. The fourth-order valence-corrected chi connectivity index (χ4v) is 13.6. The molecule has 222 valence electrons. The first kappa shape index (κ1) is 29.8. The summed E-state index contributed by atoms with van der Waals surface area (Å²) in [7, 11) is 1.75. The van der Waals surface area contributed by atoms with E-state index in [1.165, 1.54) is 19.8 Å². The highest BCUT2D eigenvalue weighted by molar-refractivity contribution is 7.06. The summed E-state index contributed by atoms with van der Waals surface area (Å²) >= 11 is 0. The average Bonchev–Trinajstić information content (AvgIpc) is 3.51. The Kier molecular flexibility index (Phi) is 7.94. The molecule has 0 bridgehead atoms. The van der Waals surface area contributed by atoms with Crippen molar-refractivity contribution >= 4 is 41.9 Å². The standard InChI is InChI=1S/C30H38N6O5Si/c1-29(2,3)42(20-13-9-7-10-14-20,21-15-11-8-12-16-21)30(39)22(17-37)41-27(24(30)40-6)36-19-31-23-25(36)33-28(34-26(23)38)32-18-35(4)5/h7-16,18-19,22,24,27,37,39H,17H2,1-6H3,(H,33,34,38)/t22-,24+,27-,30+/m1/s1. The maximum Gasteiger partial charge on any atom is 0.280 e. The van der Waals surface area contributed by atoms with Gasteiger partial charge in [-0.1, -0.05) is 91.8 Å². The van der Waals surface area contributed by atoms with Gasteiger partial charge in [-0.2, -0.15) is 4.98 Å². The molecule has 0 unspecified atom stereocenters. The fraction of sp³-hybridized carbons (Fsp3) is 0.400. The van der Waals surface area contributed by atoms with E-state index in [1.807, 2.05) is 60.7 Å². The van der Waals surface area contributed by atoms with E-state index in [2.05, 4.69) is 40.7 Å². The van der Waals surface area contributed by atoms with Gasteiger partial charge in [0, 0.05) is 21.2 Å². The second-order valence-electron chi connectivity index (χ2n) is 11.8. The Labute approximate surface area is 245 Å². The molecule has 42 heavy (non-hydrogen) atoms. The third-order valence-corrected chi connectivity index (χ3v) is 14.6. The lowest BCUT2D eigenvalue weighted by atomic mass is 10.1. The Balaban J connectivity index is 1.78. The molecule has 11 nitrogen and oxygen atoms in total. The number of fused-ring (bicyclic) bond motifs is 1. The molecule has 12 heteroatoms. The van der Waals surface area contributed by atoms with E-state index in [1.54, 1.807) is 23.6 Å². The molecule has 2 aromatic carbocycles. The number of nitrogens with zero attached hydrogens (tertiary/aromatic N) is 5. The molecule has 0 spiro atoms. The summed E-state index contributed by atoms with van der Waals surface area (Å²) in [6.07, 6.45) is -0.00571. The van der Waals surface area contributed by atoms with Crippen LogP contribution >= 0.6 is 0 Å². The largest absolute Gasteiger partial charge is 0.394 e. The predicted molar refractivity (Wildman–Crippen MR) is 164 cm³/mol. The zero-order chi connectivity index (χ0) is 30.3. The first-order valence-electron chi connectivity index (χ1n) is 13.8. The van der Waals surface area contributed by atoms with Crippen LogP contribution in [0.4, 0.5) is 5.95 Å². The Morgan fingerprint density at radius 2 is 1.74 bits per heavy atom. The van der Waals surface area contributed by atoms with Crippen molar-refractivity contribution in [2.24, 2.45) is 4.99 Å². The molecule has 3 N–H and O–H groups in total. The van der Waals surface area contributed by atoms with Crippen LogP contribution in [0.5, 0.6) is 0 Å². The highest BCUT2D eigenvalue weighted by atomic mass is 28.3. The molecule has 3 heterocycles. The minimum Gasteiger partial charge on any atom is -0.394 e. The molecule has 0 saturated carbocycles. The van der Waals surface area contributed by atoms with Gasteiger partial charge in [-0.15, -0.1) is 0 Å². The van der Waals surface area contributed by atoms with E-state index in [-0.39, 0.29) is 17.1 Å². The van der Waals surface area contributed by atoms with E-state index in [9.17, 15) is 15.0 Å². The van der Waals surface area contributed by atoms with Gasteiger partial charge < -0.3 is 24.6 Å². The molecule has 0 radical (unpaired) electrons. The van der Waals surface area contributed by atoms with Crippen molar-refractivity contribution in [3.8, 4) is 0 Å². The number of nitrogens with one attached hydrogen (secondary N) is 1. The monoisotopic (exact) mass is 590 g/mol. The molecule has 1 aliphatic rings. The smallest absolute Gasteiger partial charge is 0.280 e. The van der Waals surface area contributed by atoms with Gasteiger partial charge in [0.25, 0.3) is 5.56 Å². The number of imidazole rings is 1. The first-order valence-corrected chi connectivity index (χ1v) is 15.8. The first-order chi connectivity index (χ1) is 20.0. The molecule has 0 aliphatic carbocycles. The quantitative estimate of drug-likeness (QED) is 0.160. The number of methoxy groups -OCH3 is 1. The lowest BCUT2D eigenvalue weighted by Crippen LogP contribution is -2.83. The van der Waals surface area contributed by atoms with Crippen molar-refractivity contribution in [3.05, 3.63) is 77.3 Å². The third-order valence-electron chi connectivity index (χ3n) is 8.15. The van der Waals surface area contributed by atoms with Crippen molar-refractivity contribution in [1.29, 1.82) is 0 Å². The van der Waals surface area contributed by atoms with Gasteiger partial charge in [0.15, 0.2) is 25.5 Å². The lowest BCUT2D eigenvalue weighted by Gasteiger charge is -2.55. The Morgan fingerprint density at radius 3 is 2.24 bits per heavy atom. The second-order valence-corrected chi connectivity index (χ2v) is 16.8. The van der Waals surface area contributed by atoms with Gasteiger partial charge in [-0.05, 0) is 5.04 Å². The molecule has 1 saturated heterocycles. The molecule has 0 amide bonds. The Morgan fingerprint density at radius 1 is 1.14 bits per heavy atom. The van der Waals surface area contributed by atoms with Crippen LogP contribution in [0, 0.1) is 0 Å². The molecule has 4 atom stereocenters. The van der Waals surface area contributed by atoms with Crippen molar-refractivity contribution < 1.29 is 19.7 Å². The summed E-state index contributed by atoms with van der Waals surface area (Å²) in [5, 5.41) is 24.0. The number of hydrogen-bond acceptors (Lipinski definition) is 8. The number of aliphatic hydroxyl groups is 2. The van der Waals surface area contributed by atoms with Crippen LogP contribution < -0.4 is 15.9 Å². The minimum absolute atomic E-state index is 0.0934. The highest BCUT2D eigenvalue weighted by Crippen LogP contribution is 2.52. The van der Waals surface area contributed by atoms with Gasteiger partial charge in [0.1, 0.15) is 17.4 Å². The van der Waals surface area contributed by atoms with Crippen LogP contribution in [-0.2, 0) is 9.47 Å². The van der Waals surface area contributed by atoms with E-state index < -0.39 is 48.9 Å². The molecular weight excluding hydrogens is 552 g/mol. The van der Waals surface area contributed by atoms with Crippen LogP contribution in [0.15, 0.2) is 76.8 Å². The van der Waals surface area contributed by atoms with Crippen LogP contribution in [0.3, 0.4) is 0 Å². The number of aromatic amines is 1. The number of rotatable bonds is 8. The number of benzene rings is 2. The molecule has 1 aliphatic heterocycles. The van der Waals surface area contributed by atoms with Crippen LogP contribution in [0.2, 0.25) is 5.04 Å². The molecule has 2 aromatic heterocycles. The molecule has 4 aromatic rings. The Hall–Kier alpha value is -3.68. The second kappa shape index (κ2) is 11.2. The summed E-state index contributed by atoms with van der Waals surface area (Å²) in [5.41, 5.74) is -0.142. The average molecular weight is 591 g/mol. The minimum atomic E-state index is -3.38. The normalized spacial score (nSPS) is 23.2. The molecule has 5 rings (SSSR count). The summed E-state index contributed by atoms with van der Waals surface area (Å²) in [6.45, 7) is 5.90. The van der Waals surface area contributed by atoms with Gasteiger partial charge >= 0.3 is 0 Å².